The molecule has 21 heavy (non-hydrogen) atoms. The number of nitrogen functional groups attached to an aromatic ring is 1. The Morgan fingerprint density at radius 1 is 1.24 bits per heavy atom. The van der Waals surface area contributed by atoms with Crippen molar-refractivity contribution < 1.29 is 14.6 Å². The molecule has 0 atom stereocenters. The Morgan fingerprint density at radius 2 is 1.90 bits per heavy atom. The predicted molar refractivity (Wildman–Crippen MR) is 82.0 cm³/mol. The molecule has 0 heterocycles. The molecule has 1 aliphatic carbocycles. The van der Waals surface area contributed by atoms with Crippen LogP contribution in [0.25, 0.3) is 0 Å². The fourth-order valence-corrected chi connectivity index (χ4v) is 2.56. The number of nitrogens with two attached hydrogens (primary N) is 1. The molecular weight excluding hydrogens is 268 g/mol. The number of nitrogens with one attached hydrogen (secondary N) is 1. The second-order valence-corrected chi connectivity index (χ2v) is 5.73. The molecular formula is C16H24N2O3. The molecule has 2 rings (SSSR count). The fourth-order valence-electron chi connectivity index (χ4n) is 2.56. The molecule has 0 unspecified atom stereocenters. The van der Waals surface area contributed by atoms with E-state index in [2.05, 4.69) is 5.32 Å². The van der Waals surface area contributed by atoms with Crippen LogP contribution in [-0.2, 0) is 4.79 Å². The summed E-state index contributed by atoms with van der Waals surface area (Å²) in [6.45, 7) is 0.655. The van der Waals surface area contributed by atoms with Crippen molar-refractivity contribution in [1.29, 1.82) is 0 Å². The minimum Gasteiger partial charge on any atom is -0.493 e. The van der Waals surface area contributed by atoms with E-state index in [1.807, 2.05) is 0 Å². The Kier molecular flexibility index (Phi) is 5.44. The van der Waals surface area contributed by atoms with Gasteiger partial charge in [-0.05, 0) is 37.1 Å². The van der Waals surface area contributed by atoms with Crippen molar-refractivity contribution in [3.63, 3.8) is 0 Å². The van der Waals surface area contributed by atoms with Gasteiger partial charge >= 0.3 is 0 Å². The van der Waals surface area contributed by atoms with Crippen LogP contribution in [0.3, 0.4) is 0 Å². The summed E-state index contributed by atoms with van der Waals surface area (Å²) < 4.78 is 5.47. The molecule has 0 bridgehead atoms. The standard InChI is InChI=1S/C16H24N2O3/c17-13-4-6-14(7-5-13)21-11-8-15(19)18-12-16(20)9-2-1-3-10-16/h4-7,20H,1-3,8-12,17H2,(H,18,19). The van der Waals surface area contributed by atoms with Crippen molar-refractivity contribution >= 4 is 11.6 Å². The van der Waals surface area contributed by atoms with Gasteiger partial charge in [0, 0.05) is 12.2 Å². The Balaban J connectivity index is 1.64. The first-order valence-electron chi connectivity index (χ1n) is 7.55. The van der Waals surface area contributed by atoms with Gasteiger partial charge in [0.15, 0.2) is 0 Å². The highest BCUT2D eigenvalue weighted by Crippen LogP contribution is 2.27. The first kappa shape index (κ1) is 15.6. The van der Waals surface area contributed by atoms with Gasteiger partial charge in [0.05, 0.1) is 18.6 Å². The lowest BCUT2D eigenvalue weighted by atomic mass is 9.85. The van der Waals surface area contributed by atoms with Crippen LogP contribution in [0.15, 0.2) is 24.3 Å². The summed E-state index contributed by atoms with van der Waals surface area (Å²) in [5.74, 6) is 0.604. The molecule has 1 aromatic carbocycles. The molecule has 1 fully saturated rings. The van der Waals surface area contributed by atoms with E-state index in [1.165, 1.54) is 6.42 Å². The summed E-state index contributed by atoms with van der Waals surface area (Å²) in [5, 5.41) is 13.1. The molecule has 0 saturated heterocycles. The van der Waals surface area contributed by atoms with Crippen LogP contribution in [-0.4, -0.2) is 29.8 Å². The Labute approximate surface area is 125 Å². The van der Waals surface area contributed by atoms with Crippen molar-refractivity contribution in [2.24, 2.45) is 0 Å². The lowest BCUT2D eigenvalue weighted by Crippen LogP contribution is -2.44. The average molecular weight is 292 g/mol. The summed E-state index contributed by atoms with van der Waals surface area (Å²) in [4.78, 5) is 11.8. The Morgan fingerprint density at radius 3 is 2.57 bits per heavy atom. The zero-order valence-electron chi connectivity index (χ0n) is 12.3. The maximum Gasteiger partial charge on any atom is 0.223 e. The lowest BCUT2D eigenvalue weighted by Gasteiger charge is -2.32. The Hall–Kier alpha value is -1.75. The number of anilines is 1. The van der Waals surface area contributed by atoms with Gasteiger partial charge in [-0.3, -0.25) is 4.79 Å². The minimum atomic E-state index is -0.717. The normalized spacial score (nSPS) is 17.2. The number of hydrogen-bond acceptors (Lipinski definition) is 4. The first-order valence-corrected chi connectivity index (χ1v) is 7.55. The van der Waals surface area contributed by atoms with E-state index in [1.54, 1.807) is 24.3 Å². The van der Waals surface area contributed by atoms with E-state index in [0.29, 0.717) is 24.6 Å². The maximum atomic E-state index is 11.8. The van der Waals surface area contributed by atoms with Crippen LogP contribution in [0.4, 0.5) is 5.69 Å². The van der Waals surface area contributed by atoms with Gasteiger partial charge in [0.2, 0.25) is 5.91 Å². The molecule has 1 aliphatic rings. The van der Waals surface area contributed by atoms with E-state index < -0.39 is 5.60 Å². The third-order valence-electron chi connectivity index (χ3n) is 3.88. The highest BCUT2D eigenvalue weighted by molar-refractivity contribution is 5.76. The number of amides is 1. The van der Waals surface area contributed by atoms with Gasteiger partial charge in [-0.2, -0.15) is 0 Å². The summed E-state index contributed by atoms with van der Waals surface area (Å²) >= 11 is 0. The molecule has 4 N–H and O–H groups in total. The SMILES string of the molecule is Nc1ccc(OCCC(=O)NCC2(O)CCCCC2)cc1. The molecule has 5 nitrogen and oxygen atoms in total. The molecule has 1 amide bonds. The van der Waals surface area contributed by atoms with E-state index in [-0.39, 0.29) is 12.3 Å². The molecule has 5 heteroatoms. The molecule has 0 spiro atoms. The lowest BCUT2D eigenvalue weighted by molar-refractivity contribution is -0.123. The average Bonchev–Trinajstić information content (AvgIpc) is 2.48. The number of carbonyl (C=O) groups is 1. The van der Waals surface area contributed by atoms with Crippen LogP contribution in [0, 0.1) is 0 Å². The summed E-state index contributed by atoms with van der Waals surface area (Å²) in [6, 6.07) is 7.07. The van der Waals surface area contributed by atoms with Gasteiger partial charge in [0.1, 0.15) is 5.75 Å². The highest BCUT2D eigenvalue weighted by atomic mass is 16.5. The zero-order chi connectivity index (χ0) is 15.1. The van der Waals surface area contributed by atoms with Gasteiger partial charge in [-0.1, -0.05) is 19.3 Å². The summed E-state index contributed by atoms with van der Waals surface area (Å²) in [7, 11) is 0. The summed E-state index contributed by atoms with van der Waals surface area (Å²) in [6.07, 6.45) is 5.07. The highest BCUT2D eigenvalue weighted by Gasteiger charge is 2.29. The summed E-state index contributed by atoms with van der Waals surface area (Å²) in [5.41, 5.74) is 5.55. The number of ether oxygens (including phenoxy) is 1. The molecule has 0 radical (unpaired) electrons. The van der Waals surface area contributed by atoms with Crippen LogP contribution >= 0.6 is 0 Å². The molecule has 0 aliphatic heterocycles. The van der Waals surface area contributed by atoms with Crippen molar-refractivity contribution in [2.45, 2.75) is 44.1 Å². The monoisotopic (exact) mass is 292 g/mol. The van der Waals surface area contributed by atoms with Crippen LogP contribution in [0.2, 0.25) is 0 Å². The van der Waals surface area contributed by atoms with Gasteiger partial charge in [-0.25, -0.2) is 0 Å². The number of benzene rings is 1. The largest absolute Gasteiger partial charge is 0.493 e. The third-order valence-corrected chi connectivity index (χ3v) is 3.88. The van der Waals surface area contributed by atoms with Crippen LogP contribution in [0.5, 0.6) is 5.75 Å². The van der Waals surface area contributed by atoms with Crippen molar-refractivity contribution in [2.75, 3.05) is 18.9 Å². The molecule has 0 aromatic heterocycles. The predicted octanol–water partition coefficient (Wildman–Crippen LogP) is 1.85. The number of hydrogen-bond donors (Lipinski definition) is 3. The van der Waals surface area contributed by atoms with Crippen molar-refractivity contribution in [1.82, 2.24) is 5.32 Å². The second-order valence-electron chi connectivity index (χ2n) is 5.73. The molecule has 1 aromatic rings. The zero-order valence-corrected chi connectivity index (χ0v) is 12.3. The van der Waals surface area contributed by atoms with E-state index >= 15 is 0 Å². The van der Waals surface area contributed by atoms with Crippen molar-refractivity contribution in [3.8, 4) is 5.75 Å². The molecule has 1 saturated carbocycles. The van der Waals surface area contributed by atoms with Crippen LogP contribution < -0.4 is 15.8 Å². The van der Waals surface area contributed by atoms with E-state index in [4.69, 9.17) is 10.5 Å². The van der Waals surface area contributed by atoms with Gasteiger partial charge < -0.3 is 20.9 Å². The Bertz CT molecular complexity index is 453. The number of carbonyl (C=O) groups excluding carboxylic acids is 1. The quantitative estimate of drug-likeness (QED) is 0.699. The fraction of sp³-hybridized carbons (Fsp3) is 0.562. The van der Waals surface area contributed by atoms with Crippen LogP contribution in [0.1, 0.15) is 38.5 Å². The number of aliphatic hydroxyl groups is 1. The third kappa shape index (κ3) is 5.27. The topological polar surface area (TPSA) is 84.6 Å². The van der Waals surface area contributed by atoms with Gasteiger partial charge in [-0.15, -0.1) is 0 Å². The number of rotatable bonds is 6. The second kappa shape index (κ2) is 7.31. The first-order chi connectivity index (χ1) is 10.1. The van der Waals surface area contributed by atoms with E-state index in [9.17, 15) is 9.90 Å². The maximum absolute atomic E-state index is 11.8. The van der Waals surface area contributed by atoms with E-state index in [0.717, 1.165) is 25.7 Å². The smallest absolute Gasteiger partial charge is 0.223 e. The molecule has 116 valence electrons. The van der Waals surface area contributed by atoms with Crippen molar-refractivity contribution in [3.05, 3.63) is 24.3 Å². The minimum absolute atomic E-state index is 0.0931. The van der Waals surface area contributed by atoms with Gasteiger partial charge in [0.25, 0.3) is 0 Å².